The molecule has 2 fully saturated rings. The van der Waals surface area contributed by atoms with Crippen LogP contribution in [0.5, 0.6) is 0 Å². The Morgan fingerprint density at radius 1 is 1.27 bits per heavy atom. The molecule has 1 atom stereocenters. The van der Waals surface area contributed by atoms with Gasteiger partial charge in [0.1, 0.15) is 0 Å². The fourth-order valence-electron chi connectivity index (χ4n) is 2.53. The molecule has 88 valence electrons. The minimum Gasteiger partial charge on any atom is -0.348 e. The predicted octanol–water partition coefficient (Wildman–Crippen LogP) is 2.06. The largest absolute Gasteiger partial charge is 0.348 e. The van der Waals surface area contributed by atoms with Crippen LogP contribution in [0.2, 0.25) is 0 Å². The van der Waals surface area contributed by atoms with Gasteiger partial charge in [-0.25, -0.2) is 0 Å². The molecule has 15 heavy (non-hydrogen) atoms. The molecule has 0 amide bonds. The van der Waals surface area contributed by atoms with Gasteiger partial charge >= 0.3 is 0 Å². The number of rotatable bonds is 3. The first-order valence-corrected chi connectivity index (χ1v) is 6.28. The predicted molar refractivity (Wildman–Crippen MR) is 59.8 cm³/mol. The van der Waals surface area contributed by atoms with E-state index in [4.69, 9.17) is 9.47 Å². The first-order chi connectivity index (χ1) is 7.24. The highest BCUT2D eigenvalue weighted by Crippen LogP contribution is 2.35. The van der Waals surface area contributed by atoms with Crippen molar-refractivity contribution in [3.05, 3.63) is 0 Å². The first-order valence-electron chi connectivity index (χ1n) is 6.28. The van der Waals surface area contributed by atoms with Crippen molar-refractivity contribution in [3.63, 3.8) is 0 Å². The third kappa shape index (κ3) is 2.71. The molecule has 1 saturated carbocycles. The van der Waals surface area contributed by atoms with Gasteiger partial charge in [-0.05, 0) is 26.2 Å². The summed E-state index contributed by atoms with van der Waals surface area (Å²) >= 11 is 0. The van der Waals surface area contributed by atoms with Crippen molar-refractivity contribution in [3.8, 4) is 0 Å². The fraction of sp³-hybridized carbons (Fsp3) is 1.00. The van der Waals surface area contributed by atoms with Crippen molar-refractivity contribution < 1.29 is 9.47 Å². The minimum atomic E-state index is -0.201. The third-order valence-corrected chi connectivity index (χ3v) is 3.69. The van der Waals surface area contributed by atoms with E-state index in [9.17, 15) is 0 Å². The maximum atomic E-state index is 5.71. The van der Waals surface area contributed by atoms with Gasteiger partial charge in [-0.15, -0.1) is 0 Å². The molecule has 0 aromatic carbocycles. The number of nitrogens with one attached hydrogen (secondary N) is 1. The van der Waals surface area contributed by atoms with Crippen molar-refractivity contribution in [2.45, 2.75) is 63.8 Å². The normalized spacial score (nSPS) is 28.4. The Bertz CT molecular complexity index is 192. The van der Waals surface area contributed by atoms with Crippen molar-refractivity contribution in [1.29, 1.82) is 0 Å². The maximum Gasteiger partial charge on any atom is 0.168 e. The van der Waals surface area contributed by atoms with E-state index in [2.05, 4.69) is 19.2 Å². The van der Waals surface area contributed by atoms with Crippen LogP contribution in [-0.2, 0) is 9.47 Å². The molecule has 3 heteroatoms. The fourth-order valence-corrected chi connectivity index (χ4v) is 2.53. The molecule has 2 rings (SSSR count). The molecule has 0 bridgehead atoms. The molecule has 1 N–H and O–H groups in total. The van der Waals surface area contributed by atoms with Crippen molar-refractivity contribution in [2.24, 2.45) is 0 Å². The average molecular weight is 213 g/mol. The quantitative estimate of drug-likeness (QED) is 0.778. The lowest BCUT2D eigenvalue weighted by atomic mass is 9.89. The lowest BCUT2D eigenvalue weighted by Crippen LogP contribution is -2.44. The highest BCUT2D eigenvalue weighted by atomic mass is 16.7. The smallest absolute Gasteiger partial charge is 0.168 e. The molecular formula is C12H23NO2. The lowest BCUT2D eigenvalue weighted by Gasteiger charge is -2.36. The van der Waals surface area contributed by atoms with E-state index in [1.54, 1.807) is 0 Å². The highest BCUT2D eigenvalue weighted by Gasteiger charge is 2.40. The van der Waals surface area contributed by atoms with E-state index in [0.29, 0.717) is 12.1 Å². The molecule has 1 saturated heterocycles. The van der Waals surface area contributed by atoms with Crippen molar-refractivity contribution in [2.75, 3.05) is 13.2 Å². The van der Waals surface area contributed by atoms with Crippen LogP contribution in [0.1, 0.15) is 46.0 Å². The summed E-state index contributed by atoms with van der Waals surface area (Å²) in [4.78, 5) is 0. The summed E-state index contributed by atoms with van der Waals surface area (Å²) < 4.78 is 11.4. The zero-order chi connectivity index (χ0) is 10.7. The summed E-state index contributed by atoms with van der Waals surface area (Å²) in [7, 11) is 0. The van der Waals surface area contributed by atoms with Gasteiger partial charge in [-0.3, -0.25) is 0 Å². The Morgan fingerprint density at radius 2 is 1.87 bits per heavy atom. The third-order valence-electron chi connectivity index (χ3n) is 3.69. The molecule has 0 radical (unpaired) electrons. The molecule has 1 aliphatic heterocycles. The number of hydrogen-bond donors (Lipinski definition) is 1. The van der Waals surface area contributed by atoms with E-state index in [-0.39, 0.29) is 5.79 Å². The van der Waals surface area contributed by atoms with Gasteiger partial charge in [0, 0.05) is 24.9 Å². The molecule has 1 heterocycles. The number of ether oxygens (including phenoxy) is 2. The van der Waals surface area contributed by atoms with Crippen molar-refractivity contribution in [1.82, 2.24) is 5.32 Å². The van der Waals surface area contributed by atoms with E-state index < -0.39 is 0 Å². The van der Waals surface area contributed by atoms with E-state index in [0.717, 1.165) is 26.1 Å². The van der Waals surface area contributed by atoms with Crippen LogP contribution in [0.15, 0.2) is 0 Å². The highest BCUT2D eigenvalue weighted by molar-refractivity contribution is 4.86. The van der Waals surface area contributed by atoms with Gasteiger partial charge in [0.25, 0.3) is 0 Å². The van der Waals surface area contributed by atoms with E-state index in [1.165, 1.54) is 19.3 Å². The molecule has 0 aromatic heterocycles. The molecule has 3 nitrogen and oxygen atoms in total. The standard InChI is InChI=1S/C12H23NO2/c1-3-10(2)13-11-4-6-12(7-5-11)14-8-9-15-12/h10-11,13H,3-9H2,1-2H3/t10-/m1/s1. The second kappa shape index (κ2) is 4.81. The van der Waals surface area contributed by atoms with Crippen LogP contribution in [-0.4, -0.2) is 31.1 Å². The Kier molecular flexibility index (Phi) is 3.65. The molecule has 1 spiro atoms. The van der Waals surface area contributed by atoms with Crippen LogP contribution in [0.3, 0.4) is 0 Å². The van der Waals surface area contributed by atoms with Gasteiger partial charge in [-0.2, -0.15) is 0 Å². The Hall–Kier alpha value is -0.120. The van der Waals surface area contributed by atoms with Crippen molar-refractivity contribution >= 4 is 0 Å². The summed E-state index contributed by atoms with van der Waals surface area (Å²) in [5, 5.41) is 3.66. The second-order valence-corrected chi connectivity index (χ2v) is 4.86. The molecule has 0 aromatic rings. The zero-order valence-corrected chi connectivity index (χ0v) is 9.92. The van der Waals surface area contributed by atoms with Crippen LogP contribution in [0.25, 0.3) is 0 Å². The topological polar surface area (TPSA) is 30.5 Å². The Balaban J connectivity index is 1.76. The average Bonchev–Trinajstić information content (AvgIpc) is 2.70. The number of hydrogen-bond acceptors (Lipinski definition) is 3. The Morgan fingerprint density at radius 3 is 2.40 bits per heavy atom. The summed E-state index contributed by atoms with van der Waals surface area (Å²) in [6, 6.07) is 1.30. The summed E-state index contributed by atoms with van der Waals surface area (Å²) in [5.74, 6) is -0.201. The molecule has 2 aliphatic rings. The zero-order valence-electron chi connectivity index (χ0n) is 9.92. The van der Waals surface area contributed by atoms with E-state index in [1.807, 2.05) is 0 Å². The molecule has 0 unspecified atom stereocenters. The van der Waals surface area contributed by atoms with Crippen LogP contribution < -0.4 is 5.32 Å². The Labute approximate surface area is 92.5 Å². The lowest BCUT2D eigenvalue weighted by molar-refractivity contribution is -0.179. The summed E-state index contributed by atoms with van der Waals surface area (Å²) in [6.07, 6.45) is 5.69. The SMILES string of the molecule is CC[C@@H](C)NC1CCC2(CC1)OCCO2. The maximum absolute atomic E-state index is 5.71. The molecule has 1 aliphatic carbocycles. The first kappa shape index (κ1) is 11.4. The van der Waals surface area contributed by atoms with Gasteiger partial charge in [0.05, 0.1) is 13.2 Å². The van der Waals surface area contributed by atoms with Gasteiger partial charge in [-0.1, -0.05) is 6.92 Å². The van der Waals surface area contributed by atoms with E-state index >= 15 is 0 Å². The summed E-state index contributed by atoms with van der Waals surface area (Å²) in [5.41, 5.74) is 0. The van der Waals surface area contributed by atoms with Gasteiger partial charge in [0.15, 0.2) is 5.79 Å². The van der Waals surface area contributed by atoms with Crippen LogP contribution >= 0.6 is 0 Å². The summed E-state index contributed by atoms with van der Waals surface area (Å²) in [6.45, 7) is 6.05. The van der Waals surface area contributed by atoms with Gasteiger partial charge in [0.2, 0.25) is 0 Å². The second-order valence-electron chi connectivity index (χ2n) is 4.86. The van der Waals surface area contributed by atoms with Crippen LogP contribution in [0, 0.1) is 0 Å². The monoisotopic (exact) mass is 213 g/mol. The van der Waals surface area contributed by atoms with Crippen LogP contribution in [0.4, 0.5) is 0 Å². The minimum absolute atomic E-state index is 0.201. The molecular weight excluding hydrogens is 190 g/mol. The van der Waals surface area contributed by atoms with Gasteiger partial charge < -0.3 is 14.8 Å².